The number of hydrogen-bond donors (Lipinski definition) is 0. The zero-order valence-electron chi connectivity index (χ0n) is 13.9. The molecule has 0 aromatic rings. The van der Waals surface area contributed by atoms with E-state index in [2.05, 4.69) is 23.9 Å². The van der Waals surface area contributed by atoms with Crippen LogP contribution in [0.3, 0.4) is 0 Å². The van der Waals surface area contributed by atoms with Gasteiger partial charge in [-0.15, -0.1) is 0 Å². The Kier molecular flexibility index (Phi) is 6.45. The van der Waals surface area contributed by atoms with Crippen LogP contribution in [0.4, 0.5) is 0 Å². The van der Waals surface area contributed by atoms with Crippen LogP contribution in [0.1, 0.15) is 32.6 Å². The van der Waals surface area contributed by atoms with E-state index >= 15 is 0 Å². The fraction of sp³-hybridized carbons (Fsp3) is 0.938. The molecule has 122 valence electrons. The van der Waals surface area contributed by atoms with Gasteiger partial charge in [0.05, 0.1) is 6.10 Å². The molecule has 2 saturated heterocycles. The Hall–Kier alpha value is -0.650. The first-order valence-corrected chi connectivity index (χ1v) is 8.32. The monoisotopic (exact) mass is 297 g/mol. The van der Waals surface area contributed by atoms with Gasteiger partial charge in [0.15, 0.2) is 0 Å². The summed E-state index contributed by atoms with van der Waals surface area (Å²) in [5, 5.41) is 0. The van der Waals surface area contributed by atoms with Crippen molar-refractivity contribution >= 4 is 5.91 Å². The Labute approximate surface area is 129 Å². The Balaban J connectivity index is 1.86. The topological polar surface area (TPSA) is 36.0 Å². The second-order valence-corrected chi connectivity index (χ2v) is 6.67. The van der Waals surface area contributed by atoms with Crippen molar-refractivity contribution in [3.63, 3.8) is 0 Å². The van der Waals surface area contributed by atoms with E-state index in [0.29, 0.717) is 12.1 Å². The zero-order valence-corrected chi connectivity index (χ0v) is 13.9. The minimum absolute atomic E-state index is 0.215. The van der Waals surface area contributed by atoms with Gasteiger partial charge in [0, 0.05) is 52.3 Å². The Morgan fingerprint density at radius 3 is 2.43 bits per heavy atom. The van der Waals surface area contributed by atoms with Crippen molar-refractivity contribution in [2.75, 3.05) is 53.4 Å². The third-order valence-corrected chi connectivity index (χ3v) is 4.72. The first kappa shape index (κ1) is 16.7. The summed E-state index contributed by atoms with van der Waals surface area (Å²) in [4.78, 5) is 18.3. The summed E-state index contributed by atoms with van der Waals surface area (Å²) in [5.41, 5.74) is 0. The maximum Gasteiger partial charge on any atom is 0.219 e. The molecule has 21 heavy (non-hydrogen) atoms. The molecule has 0 saturated carbocycles. The molecule has 1 amide bonds. The van der Waals surface area contributed by atoms with Gasteiger partial charge >= 0.3 is 0 Å². The number of likely N-dealkylation sites (tertiary alicyclic amines) is 1. The van der Waals surface area contributed by atoms with Gasteiger partial charge in [-0.25, -0.2) is 0 Å². The maximum atomic E-state index is 11.5. The number of hydrogen-bond acceptors (Lipinski definition) is 4. The molecule has 2 fully saturated rings. The molecule has 1 atom stereocenters. The van der Waals surface area contributed by atoms with Crippen LogP contribution in [0.25, 0.3) is 0 Å². The van der Waals surface area contributed by atoms with E-state index in [1.165, 1.54) is 12.8 Å². The third-order valence-electron chi connectivity index (χ3n) is 4.72. The SMILES string of the molecule is CC(=O)N1CCC(N(CCN(C)C)C[C@@H]2CCCO2)CC1. The predicted molar refractivity (Wildman–Crippen MR) is 84.4 cm³/mol. The maximum absolute atomic E-state index is 11.5. The molecule has 0 unspecified atom stereocenters. The van der Waals surface area contributed by atoms with E-state index in [1.54, 1.807) is 6.92 Å². The lowest BCUT2D eigenvalue weighted by Gasteiger charge is -2.39. The van der Waals surface area contributed by atoms with E-state index in [0.717, 1.165) is 52.2 Å². The van der Waals surface area contributed by atoms with Crippen LogP contribution in [0.2, 0.25) is 0 Å². The van der Waals surface area contributed by atoms with E-state index < -0.39 is 0 Å². The molecule has 0 spiro atoms. The molecule has 5 nitrogen and oxygen atoms in total. The summed E-state index contributed by atoms with van der Waals surface area (Å²) in [6, 6.07) is 0.602. The van der Waals surface area contributed by atoms with E-state index in [4.69, 9.17) is 4.74 Å². The summed E-state index contributed by atoms with van der Waals surface area (Å²) in [7, 11) is 4.26. The molecule has 5 heteroatoms. The highest BCUT2D eigenvalue weighted by atomic mass is 16.5. The number of rotatable bonds is 6. The van der Waals surface area contributed by atoms with Crippen LogP contribution in [-0.2, 0) is 9.53 Å². The minimum atomic E-state index is 0.215. The lowest BCUT2D eigenvalue weighted by Crippen LogP contribution is -2.49. The zero-order chi connectivity index (χ0) is 15.2. The molecular formula is C16H31N3O2. The molecule has 2 aliphatic rings. The van der Waals surface area contributed by atoms with Crippen LogP contribution in [-0.4, -0.2) is 86.2 Å². The van der Waals surface area contributed by atoms with Crippen molar-refractivity contribution in [3.8, 4) is 0 Å². The third kappa shape index (κ3) is 5.24. The molecule has 0 aromatic heterocycles. The van der Waals surface area contributed by atoms with Crippen molar-refractivity contribution < 1.29 is 9.53 Å². The lowest BCUT2D eigenvalue weighted by atomic mass is 10.0. The van der Waals surface area contributed by atoms with Crippen molar-refractivity contribution in [1.82, 2.24) is 14.7 Å². The van der Waals surface area contributed by atoms with Gasteiger partial charge in [-0.05, 0) is 39.8 Å². The molecule has 0 aromatic carbocycles. The average molecular weight is 297 g/mol. The number of likely N-dealkylation sites (N-methyl/N-ethyl adjacent to an activating group) is 1. The molecule has 0 bridgehead atoms. The highest BCUT2D eigenvalue weighted by molar-refractivity contribution is 5.73. The normalized spacial score (nSPS) is 24.2. The van der Waals surface area contributed by atoms with Gasteiger partial charge in [0.2, 0.25) is 5.91 Å². The molecule has 0 N–H and O–H groups in total. The Morgan fingerprint density at radius 2 is 1.90 bits per heavy atom. The van der Waals surface area contributed by atoms with E-state index in [1.807, 2.05) is 4.90 Å². The molecule has 0 radical (unpaired) electrons. The van der Waals surface area contributed by atoms with Gasteiger partial charge in [0.25, 0.3) is 0 Å². The summed E-state index contributed by atoms with van der Waals surface area (Å²) in [6.45, 7) is 7.65. The van der Waals surface area contributed by atoms with Crippen molar-refractivity contribution in [1.29, 1.82) is 0 Å². The van der Waals surface area contributed by atoms with Crippen LogP contribution in [0, 0.1) is 0 Å². The summed E-state index contributed by atoms with van der Waals surface area (Å²) in [6.07, 6.45) is 5.01. The second kappa shape index (κ2) is 8.11. The minimum Gasteiger partial charge on any atom is -0.377 e. The first-order valence-electron chi connectivity index (χ1n) is 8.32. The molecular weight excluding hydrogens is 266 g/mol. The van der Waals surface area contributed by atoms with Crippen LogP contribution in [0.5, 0.6) is 0 Å². The van der Waals surface area contributed by atoms with Crippen molar-refractivity contribution in [3.05, 3.63) is 0 Å². The number of piperidine rings is 1. The Morgan fingerprint density at radius 1 is 1.19 bits per heavy atom. The van der Waals surface area contributed by atoms with E-state index in [9.17, 15) is 4.79 Å². The highest BCUT2D eigenvalue weighted by Gasteiger charge is 2.28. The van der Waals surface area contributed by atoms with Crippen LogP contribution < -0.4 is 0 Å². The standard InChI is InChI=1S/C16H31N3O2/c1-14(20)18-8-6-15(7-9-18)19(11-10-17(2)3)13-16-5-4-12-21-16/h15-16H,4-13H2,1-3H3/t16-/m0/s1. The smallest absolute Gasteiger partial charge is 0.219 e. The highest BCUT2D eigenvalue weighted by Crippen LogP contribution is 2.20. The summed E-state index contributed by atoms with van der Waals surface area (Å²) in [5.74, 6) is 0.215. The van der Waals surface area contributed by atoms with Gasteiger partial charge in [-0.3, -0.25) is 9.69 Å². The van der Waals surface area contributed by atoms with E-state index in [-0.39, 0.29) is 5.91 Å². The molecule has 2 heterocycles. The first-order chi connectivity index (χ1) is 10.1. The quantitative estimate of drug-likeness (QED) is 0.734. The Bertz CT molecular complexity index is 321. The molecule has 2 aliphatic heterocycles. The largest absolute Gasteiger partial charge is 0.377 e. The van der Waals surface area contributed by atoms with Gasteiger partial charge in [-0.1, -0.05) is 0 Å². The molecule has 0 aliphatic carbocycles. The van der Waals surface area contributed by atoms with Gasteiger partial charge < -0.3 is 14.5 Å². The predicted octanol–water partition coefficient (Wildman–Crippen LogP) is 1.04. The number of carbonyl (C=O) groups excluding carboxylic acids is 1. The number of nitrogens with zero attached hydrogens (tertiary/aromatic N) is 3. The van der Waals surface area contributed by atoms with Gasteiger partial charge in [0.1, 0.15) is 0 Å². The molecule has 2 rings (SSSR count). The average Bonchev–Trinajstić information content (AvgIpc) is 2.96. The lowest BCUT2D eigenvalue weighted by molar-refractivity contribution is -0.130. The number of amides is 1. The van der Waals surface area contributed by atoms with Crippen LogP contribution in [0.15, 0.2) is 0 Å². The van der Waals surface area contributed by atoms with Crippen molar-refractivity contribution in [2.24, 2.45) is 0 Å². The summed E-state index contributed by atoms with van der Waals surface area (Å²) >= 11 is 0. The fourth-order valence-corrected chi connectivity index (χ4v) is 3.35. The van der Waals surface area contributed by atoms with Gasteiger partial charge in [-0.2, -0.15) is 0 Å². The van der Waals surface area contributed by atoms with Crippen molar-refractivity contribution in [2.45, 2.75) is 44.8 Å². The van der Waals surface area contributed by atoms with Crippen LogP contribution >= 0.6 is 0 Å². The summed E-state index contributed by atoms with van der Waals surface area (Å²) < 4.78 is 5.82. The fourth-order valence-electron chi connectivity index (χ4n) is 3.35. The number of ether oxygens (including phenoxy) is 1. The number of carbonyl (C=O) groups is 1. The second-order valence-electron chi connectivity index (χ2n) is 6.67.